The van der Waals surface area contributed by atoms with E-state index in [2.05, 4.69) is 32.2 Å². The average molecular weight is 363 g/mol. The van der Waals surface area contributed by atoms with Gasteiger partial charge in [0, 0.05) is 23.3 Å². The number of carbonyl (C=O) groups is 2. The maximum absolute atomic E-state index is 12.0. The van der Waals surface area contributed by atoms with Crippen molar-refractivity contribution < 1.29 is 9.59 Å². The minimum Gasteiger partial charge on any atom is -0.350 e. The Morgan fingerprint density at radius 3 is 3.04 bits per heavy atom. The first kappa shape index (κ1) is 16.8. The number of fused-ring (bicyclic) bond motifs is 1. The summed E-state index contributed by atoms with van der Waals surface area (Å²) >= 11 is 1.92. The van der Waals surface area contributed by atoms with Gasteiger partial charge in [0.1, 0.15) is 0 Å². The second-order valence-electron chi connectivity index (χ2n) is 7.24. The highest BCUT2D eigenvalue weighted by Gasteiger charge is 2.42. The third kappa shape index (κ3) is 4.11. The summed E-state index contributed by atoms with van der Waals surface area (Å²) in [5, 5.41) is 16.7. The summed E-state index contributed by atoms with van der Waals surface area (Å²) in [4.78, 5) is 23.3. The Morgan fingerprint density at radius 2 is 2.20 bits per heavy atom. The van der Waals surface area contributed by atoms with Crippen molar-refractivity contribution in [1.29, 1.82) is 0 Å². The van der Waals surface area contributed by atoms with Gasteiger partial charge in [0.25, 0.3) is 0 Å². The number of H-pyrrole nitrogens is 1. The van der Waals surface area contributed by atoms with Crippen molar-refractivity contribution in [2.24, 2.45) is 0 Å². The van der Waals surface area contributed by atoms with E-state index < -0.39 is 0 Å². The standard InChI is InChI=1S/C17H25N5O2S/c23-15(18-8-11-7-12(22-21-11)10-5-6-10)4-2-1-3-14-16-13(9-25-14)19-17(24)20-16/h7,10,13-14,16H,1-6,8-9H2,(H,18,23)(H,21,22)(H2,19,20,24)/t13-,14-,16-/m0/s1. The largest absolute Gasteiger partial charge is 0.350 e. The van der Waals surface area contributed by atoms with Gasteiger partial charge in [-0.15, -0.1) is 0 Å². The number of thioether (sulfide) groups is 1. The van der Waals surface area contributed by atoms with Crippen LogP contribution < -0.4 is 16.0 Å². The molecule has 3 heterocycles. The van der Waals surface area contributed by atoms with Crippen LogP contribution >= 0.6 is 11.8 Å². The van der Waals surface area contributed by atoms with Crippen LogP contribution in [0.2, 0.25) is 0 Å². The molecule has 1 saturated carbocycles. The van der Waals surface area contributed by atoms with Gasteiger partial charge in [-0.2, -0.15) is 16.9 Å². The third-order valence-corrected chi connectivity index (χ3v) is 6.71. The van der Waals surface area contributed by atoms with E-state index in [9.17, 15) is 9.59 Å². The summed E-state index contributed by atoms with van der Waals surface area (Å²) in [5.74, 6) is 1.71. The van der Waals surface area contributed by atoms with Crippen molar-refractivity contribution in [3.63, 3.8) is 0 Å². The molecule has 2 aliphatic heterocycles. The summed E-state index contributed by atoms with van der Waals surface area (Å²) in [6.07, 6.45) is 5.97. The topological polar surface area (TPSA) is 98.9 Å². The van der Waals surface area contributed by atoms with Gasteiger partial charge in [0.05, 0.1) is 30.0 Å². The van der Waals surface area contributed by atoms with Crippen LogP contribution in [0.3, 0.4) is 0 Å². The van der Waals surface area contributed by atoms with Crippen molar-refractivity contribution in [2.75, 3.05) is 5.75 Å². The van der Waals surface area contributed by atoms with Gasteiger partial charge in [-0.3, -0.25) is 9.89 Å². The molecule has 3 aliphatic rings. The molecule has 0 radical (unpaired) electrons. The van der Waals surface area contributed by atoms with Crippen molar-refractivity contribution in [3.05, 3.63) is 17.5 Å². The number of carbonyl (C=O) groups excluding carboxylic acids is 2. The molecule has 2 saturated heterocycles. The van der Waals surface area contributed by atoms with Gasteiger partial charge in [-0.25, -0.2) is 4.79 Å². The lowest BCUT2D eigenvalue weighted by molar-refractivity contribution is -0.121. The number of hydrogen-bond acceptors (Lipinski definition) is 4. The molecule has 0 spiro atoms. The minimum atomic E-state index is -0.0386. The maximum Gasteiger partial charge on any atom is 0.315 e. The molecule has 0 bridgehead atoms. The Labute approximate surface area is 151 Å². The van der Waals surface area contributed by atoms with Crippen molar-refractivity contribution in [3.8, 4) is 0 Å². The number of nitrogens with zero attached hydrogens (tertiary/aromatic N) is 1. The van der Waals surface area contributed by atoms with Crippen LogP contribution in [-0.2, 0) is 11.3 Å². The van der Waals surface area contributed by atoms with E-state index in [1.807, 2.05) is 11.8 Å². The molecule has 4 N–H and O–H groups in total. The van der Waals surface area contributed by atoms with Crippen molar-refractivity contribution in [1.82, 2.24) is 26.1 Å². The van der Waals surface area contributed by atoms with Gasteiger partial charge >= 0.3 is 6.03 Å². The third-order valence-electron chi connectivity index (χ3n) is 5.20. The van der Waals surface area contributed by atoms with Crippen LogP contribution in [0.1, 0.15) is 55.8 Å². The highest BCUT2D eigenvalue weighted by molar-refractivity contribution is 8.00. The number of urea groups is 1. The Bertz CT molecular complexity index is 645. The van der Waals surface area contributed by atoms with Crippen molar-refractivity contribution in [2.45, 2.75) is 68.3 Å². The lowest BCUT2D eigenvalue weighted by Crippen LogP contribution is -2.36. The number of amides is 3. The van der Waals surface area contributed by atoms with Gasteiger partial charge < -0.3 is 16.0 Å². The molecular weight excluding hydrogens is 338 g/mol. The van der Waals surface area contributed by atoms with Crippen LogP contribution in [0.5, 0.6) is 0 Å². The van der Waals surface area contributed by atoms with E-state index in [-0.39, 0.29) is 24.0 Å². The summed E-state index contributed by atoms with van der Waals surface area (Å²) in [7, 11) is 0. The van der Waals surface area contributed by atoms with E-state index in [0.29, 0.717) is 24.1 Å². The molecule has 1 aliphatic carbocycles. The maximum atomic E-state index is 12.0. The summed E-state index contributed by atoms with van der Waals surface area (Å²) in [6.45, 7) is 0.526. The quantitative estimate of drug-likeness (QED) is 0.417. The monoisotopic (exact) mass is 363 g/mol. The van der Waals surface area contributed by atoms with Crippen LogP contribution in [-0.4, -0.2) is 45.2 Å². The first-order chi connectivity index (χ1) is 12.2. The smallest absolute Gasteiger partial charge is 0.315 e. The molecule has 0 aromatic carbocycles. The van der Waals surface area contributed by atoms with Crippen LogP contribution in [0.4, 0.5) is 4.79 Å². The summed E-state index contributed by atoms with van der Waals surface area (Å²) < 4.78 is 0. The van der Waals surface area contributed by atoms with Gasteiger partial charge in [0.2, 0.25) is 5.91 Å². The lowest BCUT2D eigenvalue weighted by atomic mass is 10.0. The summed E-state index contributed by atoms with van der Waals surface area (Å²) in [5.41, 5.74) is 2.11. The Kier molecular flexibility index (Phi) is 4.87. The summed E-state index contributed by atoms with van der Waals surface area (Å²) in [6, 6.07) is 2.56. The van der Waals surface area contributed by atoms with Crippen molar-refractivity contribution >= 4 is 23.7 Å². The van der Waals surface area contributed by atoms with E-state index >= 15 is 0 Å². The van der Waals surface area contributed by atoms with E-state index in [1.54, 1.807) is 0 Å². The first-order valence-electron chi connectivity index (χ1n) is 9.18. The first-order valence-corrected chi connectivity index (χ1v) is 10.2. The fourth-order valence-electron chi connectivity index (χ4n) is 3.61. The second kappa shape index (κ2) is 7.27. The molecule has 3 amide bonds. The number of nitrogens with one attached hydrogen (secondary N) is 4. The molecule has 3 atom stereocenters. The number of unbranched alkanes of at least 4 members (excludes halogenated alkanes) is 1. The van der Waals surface area contributed by atoms with E-state index in [0.717, 1.165) is 36.4 Å². The lowest BCUT2D eigenvalue weighted by Gasteiger charge is -2.16. The zero-order valence-corrected chi connectivity index (χ0v) is 15.0. The molecular formula is C17H25N5O2S. The highest BCUT2D eigenvalue weighted by Crippen LogP contribution is 2.39. The normalized spacial score (nSPS) is 27.7. The molecule has 1 aromatic rings. The number of hydrogen-bond donors (Lipinski definition) is 4. The highest BCUT2D eigenvalue weighted by atomic mass is 32.2. The number of rotatable bonds is 8. The van der Waals surface area contributed by atoms with Crippen LogP contribution in [0.25, 0.3) is 0 Å². The predicted molar refractivity (Wildman–Crippen MR) is 96.4 cm³/mol. The van der Waals surface area contributed by atoms with Gasteiger partial charge in [0.15, 0.2) is 0 Å². The molecule has 4 rings (SSSR count). The van der Waals surface area contributed by atoms with Crippen LogP contribution in [0.15, 0.2) is 6.07 Å². The molecule has 25 heavy (non-hydrogen) atoms. The molecule has 8 heteroatoms. The molecule has 7 nitrogen and oxygen atoms in total. The fourth-order valence-corrected chi connectivity index (χ4v) is 5.16. The average Bonchev–Trinajstić information content (AvgIpc) is 3.05. The van der Waals surface area contributed by atoms with Gasteiger partial charge in [-0.05, 0) is 31.7 Å². The Hall–Kier alpha value is -1.70. The van der Waals surface area contributed by atoms with Gasteiger partial charge in [-0.1, -0.05) is 6.42 Å². The van der Waals surface area contributed by atoms with Crippen LogP contribution in [0, 0.1) is 0 Å². The predicted octanol–water partition coefficient (Wildman–Crippen LogP) is 1.63. The molecule has 1 aromatic heterocycles. The SMILES string of the molecule is O=C(CCCC[C@@H]1SC[C@@H]2NC(=O)N[C@@H]21)NCc1cc(C2CC2)n[nH]1. The Morgan fingerprint density at radius 1 is 1.32 bits per heavy atom. The fraction of sp³-hybridized carbons (Fsp3) is 0.706. The van der Waals surface area contributed by atoms with E-state index in [1.165, 1.54) is 12.8 Å². The molecule has 3 fully saturated rings. The second-order valence-corrected chi connectivity index (χ2v) is 8.51. The zero-order chi connectivity index (χ0) is 17.2. The Balaban J connectivity index is 1.10. The molecule has 0 unspecified atom stereocenters. The number of aromatic amines is 1. The zero-order valence-electron chi connectivity index (χ0n) is 14.2. The minimum absolute atomic E-state index is 0.0386. The molecule has 136 valence electrons. The van der Waals surface area contributed by atoms with E-state index in [4.69, 9.17) is 0 Å². The number of aromatic nitrogens is 2.